The number of carbonyl (C=O) groups is 3. The number of nitrogens with one attached hydrogen (secondary N) is 3. The maximum absolute atomic E-state index is 13.3. The first-order valence-corrected chi connectivity index (χ1v) is 15.8. The van der Waals surface area contributed by atoms with E-state index in [1.165, 1.54) is 38.2 Å². The van der Waals surface area contributed by atoms with Gasteiger partial charge < -0.3 is 34.9 Å². The fraction of sp³-hybridized carbons (Fsp3) is 0.250. The van der Waals surface area contributed by atoms with Gasteiger partial charge in [0.25, 0.3) is 0 Å². The minimum Gasteiger partial charge on any atom is -0.494 e. The van der Waals surface area contributed by atoms with Crippen molar-refractivity contribution in [2.24, 2.45) is 0 Å². The van der Waals surface area contributed by atoms with E-state index in [1.807, 2.05) is 30.3 Å². The van der Waals surface area contributed by atoms with Crippen LogP contribution in [0, 0.1) is 10.1 Å². The number of carbonyl (C=O) groups excluding carboxylic acids is 3. The number of nitro groups is 1. The number of urea groups is 1. The zero-order valence-corrected chi connectivity index (χ0v) is 27.7. The van der Waals surface area contributed by atoms with Crippen LogP contribution >= 0.6 is 0 Å². The molecule has 1 fully saturated rings. The predicted molar refractivity (Wildman–Crippen MR) is 186 cm³/mol. The van der Waals surface area contributed by atoms with Crippen molar-refractivity contribution in [3.63, 3.8) is 0 Å². The first-order chi connectivity index (χ1) is 24.2. The number of ether oxygens (including phenoxy) is 4. The molecule has 4 aromatic rings. The average Bonchev–Trinajstić information content (AvgIpc) is 3.66. The zero-order valence-electron chi connectivity index (χ0n) is 27.7. The first-order valence-electron chi connectivity index (χ1n) is 15.8. The molecular formula is C36H37N5O9. The monoisotopic (exact) mass is 683 g/mol. The molecule has 1 aliphatic rings. The van der Waals surface area contributed by atoms with E-state index in [0.29, 0.717) is 42.4 Å². The molecule has 1 aliphatic heterocycles. The van der Waals surface area contributed by atoms with Gasteiger partial charge in [-0.1, -0.05) is 42.5 Å². The Kier molecular flexibility index (Phi) is 11.5. The Morgan fingerprint density at radius 1 is 0.920 bits per heavy atom. The molecule has 4 aromatic carbocycles. The lowest BCUT2D eigenvalue weighted by molar-refractivity contribution is -0.386. The van der Waals surface area contributed by atoms with Crippen molar-refractivity contribution in [1.29, 1.82) is 0 Å². The number of nitro benzene ring substituents is 1. The Morgan fingerprint density at radius 3 is 2.30 bits per heavy atom. The van der Waals surface area contributed by atoms with Gasteiger partial charge in [0.15, 0.2) is 12.0 Å². The number of para-hydroxylation sites is 2. The van der Waals surface area contributed by atoms with Gasteiger partial charge in [-0.15, -0.1) is 0 Å². The van der Waals surface area contributed by atoms with Crippen LogP contribution in [0.4, 0.5) is 27.5 Å². The van der Waals surface area contributed by atoms with Gasteiger partial charge in [0.2, 0.25) is 5.91 Å². The molecule has 0 saturated carbocycles. The second-order valence-corrected chi connectivity index (χ2v) is 11.3. The standard InChI is InChI=1S/C36H37N5O9/c1-23(42)40(34(29-13-9-19-37-29)50-32-18-15-25(35(43)48-3)20-30(32)41(45)46)26-16-17-28(33(21-26)47-2)39-36(44)38-27-12-7-8-14-31(27)49-22-24-10-5-4-6-11-24/h4-8,10-12,14-18,20-21,29,34,37H,9,13,19,22H2,1-3H3,(H2,38,39,44). The van der Waals surface area contributed by atoms with Crippen molar-refractivity contribution in [2.75, 3.05) is 36.3 Å². The molecule has 2 atom stereocenters. The molecular weight excluding hydrogens is 646 g/mol. The number of amides is 3. The van der Waals surface area contributed by atoms with Crippen LogP contribution in [-0.2, 0) is 16.1 Å². The third-order valence-electron chi connectivity index (χ3n) is 7.94. The highest BCUT2D eigenvalue weighted by molar-refractivity contribution is 6.02. The average molecular weight is 684 g/mol. The molecule has 1 saturated heterocycles. The molecule has 1 heterocycles. The Hall–Kier alpha value is -6.15. The molecule has 3 amide bonds. The maximum Gasteiger partial charge on any atom is 0.338 e. The van der Waals surface area contributed by atoms with Crippen molar-refractivity contribution in [1.82, 2.24) is 5.32 Å². The minimum absolute atomic E-state index is 0.0226. The molecule has 0 spiro atoms. The summed E-state index contributed by atoms with van der Waals surface area (Å²) < 4.78 is 22.5. The topological polar surface area (TPSA) is 171 Å². The first kappa shape index (κ1) is 35.2. The van der Waals surface area contributed by atoms with Crippen LogP contribution in [0.3, 0.4) is 0 Å². The number of methoxy groups -OCH3 is 2. The highest BCUT2D eigenvalue weighted by Gasteiger charge is 2.36. The van der Waals surface area contributed by atoms with Gasteiger partial charge >= 0.3 is 17.7 Å². The fourth-order valence-corrected chi connectivity index (χ4v) is 5.55. The largest absolute Gasteiger partial charge is 0.494 e. The van der Waals surface area contributed by atoms with E-state index in [4.69, 9.17) is 18.9 Å². The Bertz CT molecular complexity index is 1850. The molecule has 14 nitrogen and oxygen atoms in total. The molecule has 0 radical (unpaired) electrons. The molecule has 50 heavy (non-hydrogen) atoms. The number of esters is 1. The summed E-state index contributed by atoms with van der Waals surface area (Å²) >= 11 is 0. The maximum atomic E-state index is 13.3. The van der Waals surface area contributed by atoms with Crippen molar-refractivity contribution in [2.45, 2.75) is 38.6 Å². The highest BCUT2D eigenvalue weighted by Crippen LogP contribution is 2.36. The summed E-state index contributed by atoms with van der Waals surface area (Å²) in [5.74, 6) is -0.566. The number of hydrogen-bond donors (Lipinski definition) is 3. The molecule has 260 valence electrons. The lowest BCUT2D eigenvalue weighted by atomic mass is 10.1. The van der Waals surface area contributed by atoms with Crippen LogP contribution in [0.5, 0.6) is 17.2 Å². The summed E-state index contributed by atoms with van der Waals surface area (Å²) in [6.07, 6.45) is 0.383. The smallest absolute Gasteiger partial charge is 0.338 e. The predicted octanol–water partition coefficient (Wildman–Crippen LogP) is 6.12. The second kappa shape index (κ2) is 16.3. The van der Waals surface area contributed by atoms with Gasteiger partial charge in [0.05, 0.1) is 47.8 Å². The summed E-state index contributed by atoms with van der Waals surface area (Å²) in [7, 11) is 2.60. The van der Waals surface area contributed by atoms with Gasteiger partial charge in [-0.05, 0) is 61.3 Å². The third kappa shape index (κ3) is 8.46. The van der Waals surface area contributed by atoms with Crippen LogP contribution in [0.2, 0.25) is 0 Å². The van der Waals surface area contributed by atoms with Gasteiger partial charge in [0, 0.05) is 19.1 Å². The number of benzene rings is 4. The van der Waals surface area contributed by atoms with Crippen molar-refractivity contribution < 1.29 is 38.3 Å². The van der Waals surface area contributed by atoms with E-state index in [9.17, 15) is 24.5 Å². The van der Waals surface area contributed by atoms with E-state index in [-0.39, 0.29) is 17.1 Å². The Balaban J connectivity index is 1.38. The van der Waals surface area contributed by atoms with Crippen molar-refractivity contribution in [3.05, 3.63) is 112 Å². The summed E-state index contributed by atoms with van der Waals surface area (Å²) in [5.41, 5.74) is 1.61. The van der Waals surface area contributed by atoms with Crippen LogP contribution in [0.1, 0.15) is 35.7 Å². The molecule has 14 heteroatoms. The summed E-state index contributed by atoms with van der Waals surface area (Å²) in [5, 5.41) is 20.9. The summed E-state index contributed by atoms with van der Waals surface area (Å²) in [6, 6.07) is 24.2. The summed E-state index contributed by atoms with van der Waals surface area (Å²) in [4.78, 5) is 51.2. The Labute approximate surface area is 288 Å². The molecule has 0 aromatic heterocycles. The van der Waals surface area contributed by atoms with Gasteiger partial charge in [-0.25, -0.2) is 9.59 Å². The van der Waals surface area contributed by atoms with E-state index >= 15 is 0 Å². The van der Waals surface area contributed by atoms with Crippen molar-refractivity contribution >= 4 is 40.7 Å². The number of rotatable bonds is 13. The van der Waals surface area contributed by atoms with Gasteiger partial charge in [0.1, 0.15) is 18.1 Å². The lowest BCUT2D eigenvalue weighted by Crippen LogP contribution is -2.53. The van der Waals surface area contributed by atoms with Gasteiger partial charge in [-0.3, -0.25) is 19.8 Å². The third-order valence-corrected chi connectivity index (χ3v) is 7.94. The quantitative estimate of drug-likeness (QED) is 0.0645. The normalized spacial score (nSPS) is 14.2. The molecule has 0 bridgehead atoms. The van der Waals surface area contributed by atoms with E-state index in [2.05, 4.69) is 16.0 Å². The highest BCUT2D eigenvalue weighted by atomic mass is 16.6. The zero-order chi connectivity index (χ0) is 35.6. The van der Waals surface area contributed by atoms with E-state index in [0.717, 1.165) is 18.1 Å². The molecule has 2 unspecified atom stereocenters. The van der Waals surface area contributed by atoms with Gasteiger partial charge in [-0.2, -0.15) is 0 Å². The fourth-order valence-electron chi connectivity index (χ4n) is 5.55. The van der Waals surface area contributed by atoms with E-state index < -0.39 is 40.8 Å². The van der Waals surface area contributed by atoms with Crippen LogP contribution in [0.25, 0.3) is 0 Å². The molecule has 0 aliphatic carbocycles. The van der Waals surface area contributed by atoms with Crippen LogP contribution < -0.4 is 35.1 Å². The van der Waals surface area contributed by atoms with Crippen LogP contribution in [-0.4, -0.2) is 55.9 Å². The second-order valence-electron chi connectivity index (χ2n) is 11.3. The SMILES string of the molecule is COC(=O)c1ccc(OC(C2CCCN2)N(C(C)=O)c2ccc(NC(=O)Nc3ccccc3OCc3ccccc3)c(OC)c2)c([N+](=O)[O-])c1. The number of hydrogen-bond acceptors (Lipinski definition) is 10. The summed E-state index contributed by atoms with van der Waals surface area (Å²) in [6.45, 7) is 2.32. The minimum atomic E-state index is -1.03. The van der Waals surface area contributed by atoms with Crippen LogP contribution in [0.15, 0.2) is 91.0 Å². The van der Waals surface area contributed by atoms with E-state index in [1.54, 1.807) is 42.5 Å². The number of nitrogens with zero attached hydrogens (tertiary/aromatic N) is 2. The molecule has 5 rings (SSSR count). The lowest BCUT2D eigenvalue weighted by Gasteiger charge is -2.35. The molecule has 3 N–H and O–H groups in total. The number of anilines is 3. The van der Waals surface area contributed by atoms with Crippen molar-refractivity contribution in [3.8, 4) is 17.2 Å². The Morgan fingerprint density at radius 2 is 1.64 bits per heavy atom.